The Morgan fingerprint density at radius 1 is 1.46 bits per heavy atom. The number of nitrogens with one attached hydrogen (secondary N) is 1. The van der Waals surface area contributed by atoms with Crippen LogP contribution in [0.1, 0.15) is 26.7 Å². The number of aliphatic carboxylic acids is 1. The van der Waals surface area contributed by atoms with Gasteiger partial charge in [0.2, 0.25) is 0 Å². The lowest BCUT2D eigenvalue weighted by atomic mass is 10.1. The van der Waals surface area contributed by atoms with E-state index in [0.29, 0.717) is 12.5 Å². The van der Waals surface area contributed by atoms with Gasteiger partial charge in [0.15, 0.2) is 0 Å². The van der Waals surface area contributed by atoms with E-state index < -0.39 is 5.97 Å². The van der Waals surface area contributed by atoms with Gasteiger partial charge in [-0.15, -0.1) is 0 Å². The Hall–Kier alpha value is -0.570. The molecule has 1 aliphatic rings. The van der Waals surface area contributed by atoms with Gasteiger partial charge >= 0.3 is 5.97 Å². The van der Waals surface area contributed by atoms with E-state index in [1.807, 2.05) is 0 Å². The van der Waals surface area contributed by atoms with Crippen LogP contribution in [0.3, 0.4) is 0 Å². The zero-order valence-electron chi connectivity index (χ0n) is 8.42. The fraction of sp³-hybridized carbons (Fsp3) is 0.900. The summed E-state index contributed by atoms with van der Waals surface area (Å²) in [5.41, 5.74) is 0. The SMILES string of the molecule is CC(CNCC(C)C1CC1)C(=O)O. The first kappa shape index (κ1) is 10.5. The lowest BCUT2D eigenvalue weighted by Crippen LogP contribution is -2.30. The summed E-state index contributed by atoms with van der Waals surface area (Å²) in [5.74, 6) is 0.617. The molecule has 0 aromatic rings. The van der Waals surface area contributed by atoms with Gasteiger partial charge in [-0.25, -0.2) is 0 Å². The minimum absolute atomic E-state index is 0.272. The maximum atomic E-state index is 10.5. The third-order valence-electron chi connectivity index (χ3n) is 2.77. The van der Waals surface area contributed by atoms with E-state index in [0.717, 1.165) is 12.5 Å². The van der Waals surface area contributed by atoms with Gasteiger partial charge in [-0.1, -0.05) is 13.8 Å². The minimum atomic E-state index is -0.716. The highest BCUT2D eigenvalue weighted by molar-refractivity contribution is 5.69. The molecule has 1 saturated carbocycles. The Kier molecular flexibility index (Phi) is 3.72. The third-order valence-corrected chi connectivity index (χ3v) is 2.77. The van der Waals surface area contributed by atoms with Crippen molar-refractivity contribution in [1.29, 1.82) is 0 Å². The highest BCUT2D eigenvalue weighted by Gasteiger charge is 2.27. The summed E-state index contributed by atoms with van der Waals surface area (Å²) >= 11 is 0. The number of carboxylic acids is 1. The molecule has 0 bridgehead atoms. The normalized spacial score (nSPS) is 21.1. The van der Waals surface area contributed by atoms with Crippen LogP contribution in [0.2, 0.25) is 0 Å². The quantitative estimate of drug-likeness (QED) is 0.656. The predicted molar refractivity (Wildman–Crippen MR) is 51.6 cm³/mol. The molecule has 1 fully saturated rings. The van der Waals surface area contributed by atoms with Crippen LogP contribution in [0.25, 0.3) is 0 Å². The van der Waals surface area contributed by atoms with Crippen molar-refractivity contribution in [3.05, 3.63) is 0 Å². The first-order valence-electron chi connectivity index (χ1n) is 5.04. The lowest BCUT2D eigenvalue weighted by molar-refractivity contribution is -0.140. The predicted octanol–water partition coefficient (Wildman–Crippen LogP) is 1.34. The highest BCUT2D eigenvalue weighted by Crippen LogP contribution is 2.35. The fourth-order valence-electron chi connectivity index (χ4n) is 1.45. The Balaban J connectivity index is 2.02. The number of carboxylic acid groups (broad SMARTS) is 1. The molecule has 2 atom stereocenters. The third kappa shape index (κ3) is 3.77. The second-order valence-corrected chi connectivity index (χ2v) is 4.21. The molecule has 2 unspecified atom stereocenters. The van der Waals surface area contributed by atoms with Crippen LogP contribution in [0.4, 0.5) is 0 Å². The first-order chi connectivity index (χ1) is 6.11. The van der Waals surface area contributed by atoms with Crippen LogP contribution >= 0.6 is 0 Å². The van der Waals surface area contributed by atoms with E-state index in [9.17, 15) is 4.79 Å². The lowest BCUT2D eigenvalue weighted by Gasteiger charge is -2.12. The van der Waals surface area contributed by atoms with Crippen molar-refractivity contribution in [2.45, 2.75) is 26.7 Å². The highest BCUT2D eigenvalue weighted by atomic mass is 16.4. The Morgan fingerprint density at radius 3 is 2.54 bits per heavy atom. The van der Waals surface area contributed by atoms with Gasteiger partial charge in [-0.05, 0) is 31.2 Å². The number of hydrogen-bond donors (Lipinski definition) is 2. The number of carbonyl (C=O) groups is 1. The summed E-state index contributed by atoms with van der Waals surface area (Å²) in [6.07, 6.45) is 2.72. The number of rotatable bonds is 6. The zero-order chi connectivity index (χ0) is 9.84. The monoisotopic (exact) mass is 185 g/mol. The molecular formula is C10H19NO2. The van der Waals surface area contributed by atoms with E-state index >= 15 is 0 Å². The molecule has 76 valence electrons. The molecule has 0 amide bonds. The van der Waals surface area contributed by atoms with Crippen molar-refractivity contribution in [3.63, 3.8) is 0 Å². The van der Waals surface area contributed by atoms with Gasteiger partial charge in [-0.2, -0.15) is 0 Å². The standard InChI is InChI=1S/C10H19NO2/c1-7(9-3-4-9)5-11-6-8(2)10(12)13/h7-9,11H,3-6H2,1-2H3,(H,12,13). The average Bonchev–Trinajstić information content (AvgIpc) is 2.85. The molecule has 13 heavy (non-hydrogen) atoms. The largest absolute Gasteiger partial charge is 0.481 e. The van der Waals surface area contributed by atoms with Crippen molar-refractivity contribution in [1.82, 2.24) is 5.32 Å². The van der Waals surface area contributed by atoms with Crippen LogP contribution < -0.4 is 5.32 Å². The zero-order valence-corrected chi connectivity index (χ0v) is 8.42. The van der Waals surface area contributed by atoms with Crippen LogP contribution in [-0.2, 0) is 4.79 Å². The molecule has 0 aliphatic heterocycles. The molecule has 2 N–H and O–H groups in total. The second kappa shape index (κ2) is 4.61. The van der Waals surface area contributed by atoms with Gasteiger partial charge in [0.25, 0.3) is 0 Å². The summed E-state index contributed by atoms with van der Waals surface area (Å²) in [5, 5.41) is 11.8. The summed E-state index contributed by atoms with van der Waals surface area (Å²) in [7, 11) is 0. The summed E-state index contributed by atoms with van der Waals surface area (Å²) in [4.78, 5) is 10.5. The van der Waals surface area contributed by atoms with Crippen LogP contribution in [0.15, 0.2) is 0 Å². The van der Waals surface area contributed by atoms with Gasteiger partial charge in [0.05, 0.1) is 5.92 Å². The van der Waals surface area contributed by atoms with E-state index in [4.69, 9.17) is 5.11 Å². The van der Waals surface area contributed by atoms with E-state index in [-0.39, 0.29) is 5.92 Å². The van der Waals surface area contributed by atoms with Crippen molar-refractivity contribution in [2.75, 3.05) is 13.1 Å². The van der Waals surface area contributed by atoms with E-state index in [1.165, 1.54) is 12.8 Å². The average molecular weight is 185 g/mol. The smallest absolute Gasteiger partial charge is 0.307 e. The number of hydrogen-bond acceptors (Lipinski definition) is 2. The summed E-state index contributed by atoms with van der Waals surface area (Å²) < 4.78 is 0. The molecule has 0 saturated heterocycles. The first-order valence-corrected chi connectivity index (χ1v) is 5.04. The maximum Gasteiger partial charge on any atom is 0.307 e. The molecule has 0 spiro atoms. The van der Waals surface area contributed by atoms with Crippen LogP contribution in [0.5, 0.6) is 0 Å². The van der Waals surface area contributed by atoms with Crippen molar-refractivity contribution < 1.29 is 9.90 Å². The van der Waals surface area contributed by atoms with Crippen LogP contribution in [0, 0.1) is 17.8 Å². The van der Waals surface area contributed by atoms with Gasteiger partial charge in [-0.3, -0.25) is 4.79 Å². The topological polar surface area (TPSA) is 49.3 Å². The summed E-state index contributed by atoms with van der Waals surface area (Å²) in [6.45, 7) is 5.52. The van der Waals surface area contributed by atoms with Gasteiger partial charge in [0, 0.05) is 6.54 Å². The van der Waals surface area contributed by atoms with E-state index in [1.54, 1.807) is 6.92 Å². The molecule has 0 aromatic heterocycles. The minimum Gasteiger partial charge on any atom is -0.481 e. The Labute approximate surface area is 79.5 Å². The molecular weight excluding hydrogens is 166 g/mol. The Morgan fingerprint density at radius 2 is 2.08 bits per heavy atom. The molecule has 0 heterocycles. The van der Waals surface area contributed by atoms with Crippen molar-refractivity contribution in [2.24, 2.45) is 17.8 Å². The molecule has 0 radical (unpaired) electrons. The maximum absolute atomic E-state index is 10.5. The van der Waals surface area contributed by atoms with Gasteiger partial charge in [0.1, 0.15) is 0 Å². The van der Waals surface area contributed by atoms with E-state index in [2.05, 4.69) is 12.2 Å². The van der Waals surface area contributed by atoms with Crippen molar-refractivity contribution >= 4 is 5.97 Å². The Bertz CT molecular complexity index is 178. The molecule has 3 heteroatoms. The fourth-order valence-corrected chi connectivity index (χ4v) is 1.45. The van der Waals surface area contributed by atoms with Crippen LogP contribution in [-0.4, -0.2) is 24.2 Å². The molecule has 0 aromatic carbocycles. The molecule has 3 nitrogen and oxygen atoms in total. The second-order valence-electron chi connectivity index (χ2n) is 4.21. The molecule has 1 rings (SSSR count). The van der Waals surface area contributed by atoms with Gasteiger partial charge < -0.3 is 10.4 Å². The summed E-state index contributed by atoms with van der Waals surface area (Å²) in [6, 6.07) is 0. The van der Waals surface area contributed by atoms with Crippen molar-refractivity contribution in [3.8, 4) is 0 Å². The molecule has 1 aliphatic carbocycles.